The van der Waals surface area contributed by atoms with Crippen molar-refractivity contribution in [3.63, 3.8) is 0 Å². The van der Waals surface area contributed by atoms with Crippen molar-refractivity contribution in [2.24, 2.45) is 0 Å². The molecule has 0 saturated carbocycles. The molecule has 0 aliphatic heterocycles. The lowest BCUT2D eigenvalue weighted by Gasteiger charge is -2.00. The minimum Gasteiger partial charge on any atom is -0.399 e. The van der Waals surface area contributed by atoms with Gasteiger partial charge in [-0.3, -0.25) is 9.97 Å². The second-order valence-corrected chi connectivity index (χ2v) is 3.05. The molecule has 0 fully saturated rings. The molecule has 0 atom stereocenters. The molecule has 0 radical (unpaired) electrons. The summed E-state index contributed by atoms with van der Waals surface area (Å²) in [4.78, 5) is 8.11. The maximum atomic E-state index is 8.73. The van der Waals surface area contributed by atoms with Crippen LogP contribution >= 0.6 is 0 Å². The predicted octanol–water partition coefficient (Wildman–Crippen LogP) is 1.60. The first-order valence-corrected chi connectivity index (χ1v) is 4.36. The van der Waals surface area contributed by atoms with Crippen LogP contribution in [0.2, 0.25) is 0 Å². The molecule has 0 unspecified atom stereocenters. The molecule has 4 heteroatoms. The molecule has 0 saturated heterocycles. The van der Waals surface area contributed by atoms with Gasteiger partial charge >= 0.3 is 0 Å². The average molecular weight is 196 g/mol. The van der Waals surface area contributed by atoms with Crippen LogP contribution in [0.25, 0.3) is 11.3 Å². The van der Waals surface area contributed by atoms with E-state index in [2.05, 4.69) is 9.97 Å². The van der Waals surface area contributed by atoms with E-state index in [4.69, 9.17) is 11.0 Å². The summed E-state index contributed by atoms with van der Waals surface area (Å²) < 4.78 is 0. The Balaban J connectivity index is 2.50. The molecule has 2 rings (SSSR count). The van der Waals surface area contributed by atoms with Crippen LogP contribution in [0.4, 0.5) is 5.69 Å². The van der Waals surface area contributed by atoms with Gasteiger partial charge in [-0.1, -0.05) is 0 Å². The van der Waals surface area contributed by atoms with E-state index in [9.17, 15) is 0 Å². The van der Waals surface area contributed by atoms with E-state index >= 15 is 0 Å². The Hall–Kier alpha value is -2.41. The molecule has 2 N–H and O–H groups in total. The third-order valence-electron chi connectivity index (χ3n) is 1.95. The van der Waals surface area contributed by atoms with Gasteiger partial charge in [0.2, 0.25) is 0 Å². The minimum absolute atomic E-state index is 0.511. The van der Waals surface area contributed by atoms with Crippen LogP contribution in [0, 0.1) is 11.3 Å². The molecule has 72 valence electrons. The lowest BCUT2D eigenvalue weighted by Crippen LogP contribution is -1.89. The van der Waals surface area contributed by atoms with Crippen molar-refractivity contribution >= 4 is 5.69 Å². The Kier molecular flexibility index (Phi) is 2.30. The number of hydrogen-bond donors (Lipinski definition) is 1. The Bertz CT molecular complexity index is 528. The fraction of sp³-hybridized carbons (Fsp3) is 0. The minimum atomic E-state index is 0.511. The van der Waals surface area contributed by atoms with Crippen LogP contribution in [0.15, 0.2) is 36.8 Å². The van der Waals surface area contributed by atoms with Crippen molar-refractivity contribution in [1.82, 2.24) is 9.97 Å². The smallest absolute Gasteiger partial charge is 0.101 e. The highest BCUT2D eigenvalue weighted by Crippen LogP contribution is 2.18. The lowest BCUT2D eigenvalue weighted by molar-refractivity contribution is 1.26. The number of anilines is 1. The van der Waals surface area contributed by atoms with E-state index in [1.807, 2.05) is 6.07 Å². The van der Waals surface area contributed by atoms with Gasteiger partial charge in [-0.15, -0.1) is 0 Å². The summed E-state index contributed by atoms with van der Waals surface area (Å²) in [6.45, 7) is 0. The Morgan fingerprint density at radius 1 is 1.27 bits per heavy atom. The average Bonchev–Trinajstić information content (AvgIpc) is 2.29. The SMILES string of the molecule is N#Cc1cncc(-c2cc(N)ccn2)c1. The highest BCUT2D eigenvalue weighted by Gasteiger charge is 2.01. The van der Waals surface area contributed by atoms with Crippen molar-refractivity contribution in [2.75, 3.05) is 5.73 Å². The molecule has 0 aromatic carbocycles. The number of nitrogen functional groups attached to an aromatic ring is 1. The van der Waals surface area contributed by atoms with E-state index in [0.29, 0.717) is 11.3 Å². The molecule has 15 heavy (non-hydrogen) atoms. The largest absolute Gasteiger partial charge is 0.399 e. The highest BCUT2D eigenvalue weighted by molar-refractivity contribution is 5.63. The highest BCUT2D eigenvalue weighted by atomic mass is 14.7. The molecule has 2 aromatic heterocycles. The molecular formula is C11H8N4. The van der Waals surface area contributed by atoms with Crippen LogP contribution in [-0.2, 0) is 0 Å². The summed E-state index contributed by atoms with van der Waals surface area (Å²) in [6, 6.07) is 7.22. The van der Waals surface area contributed by atoms with Crippen LogP contribution in [0.3, 0.4) is 0 Å². The van der Waals surface area contributed by atoms with Gasteiger partial charge in [0, 0.05) is 29.8 Å². The third-order valence-corrected chi connectivity index (χ3v) is 1.95. The number of nitriles is 1. The van der Waals surface area contributed by atoms with E-state index in [0.717, 1.165) is 11.3 Å². The van der Waals surface area contributed by atoms with Crippen molar-refractivity contribution < 1.29 is 0 Å². The first-order chi connectivity index (χ1) is 7.29. The number of rotatable bonds is 1. The summed E-state index contributed by atoms with van der Waals surface area (Å²) in [5.41, 5.74) is 8.31. The standard InChI is InChI=1S/C11H8N4/c12-5-8-3-9(7-14-6-8)11-4-10(13)1-2-15-11/h1-4,6-7H,(H2,13,15). The number of hydrogen-bond acceptors (Lipinski definition) is 4. The molecule has 2 aromatic rings. The van der Waals surface area contributed by atoms with E-state index in [1.54, 1.807) is 30.6 Å². The van der Waals surface area contributed by atoms with Crippen LogP contribution in [0.1, 0.15) is 5.56 Å². The predicted molar refractivity (Wildman–Crippen MR) is 56.6 cm³/mol. The number of nitrogens with two attached hydrogens (primary N) is 1. The van der Waals surface area contributed by atoms with Gasteiger partial charge in [-0.25, -0.2) is 0 Å². The second kappa shape index (κ2) is 3.76. The maximum absolute atomic E-state index is 8.73. The summed E-state index contributed by atoms with van der Waals surface area (Å²) in [7, 11) is 0. The number of pyridine rings is 2. The zero-order valence-electron chi connectivity index (χ0n) is 7.88. The molecule has 4 nitrogen and oxygen atoms in total. The first-order valence-electron chi connectivity index (χ1n) is 4.36. The van der Waals surface area contributed by atoms with Crippen molar-refractivity contribution in [3.05, 3.63) is 42.4 Å². The van der Waals surface area contributed by atoms with Crippen LogP contribution < -0.4 is 5.73 Å². The quantitative estimate of drug-likeness (QED) is 0.751. The zero-order chi connectivity index (χ0) is 10.7. The molecule has 2 heterocycles. The van der Waals surface area contributed by atoms with Crippen molar-refractivity contribution in [1.29, 1.82) is 5.26 Å². The van der Waals surface area contributed by atoms with Crippen LogP contribution in [0.5, 0.6) is 0 Å². The molecule has 0 amide bonds. The zero-order valence-corrected chi connectivity index (χ0v) is 7.88. The first kappa shape index (κ1) is 9.16. The molecule has 0 bridgehead atoms. The molecule has 0 aliphatic carbocycles. The van der Waals surface area contributed by atoms with Gasteiger partial charge in [0.1, 0.15) is 6.07 Å². The molecule has 0 spiro atoms. The van der Waals surface area contributed by atoms with Gasteiger partial charge in [-0.05, 0) is 18.2 Å². The third kappa shape index (κ3) is 1.92. The summed E-state index contributed by atoms with van der Waals surface area (Å²) in [5, 5.41) is 8.73. The fourth-order valence-corrected chi connectivity index (χ4v) is 1.25. The van der Waals surface area contributed by atoms with E-state index < -0.39 is 0 Å². The number of aromatic nitrogens is 2. The Morgan fingerprint density at radius 2 is 2.13 bits per heavy atom. The Morgan fingerprint density at radius 3 is 2.87 bits per heavy atom. The monoisotopic (exact) mass is 196 g/mol. The Labute approximate surface area is 87.0 Å². The summed E-state index contributed by atoms with van der Waals surface area (Å²) >= 11 is 0. The maximum Gasteiger partial charge on any atom is 0.101 e. The van der Waals surface area contributed by atoms with Crippen molar-refractivity contribution in [2.45, 2.75) is 0 Å². The van der Waals surface area contributed by atoms with Crippen LogP contribution in [-0.4, -0.2) is 9.97 Å². The van der Waals surface area contributed by atoms with Gasteiger partial charge in [-0.2, -0.15) is 5.26 Å². The fourth-order valence-electron chi connectivity index (χ4n) is 1.25. The van der Waals surface area contributed by atoms with Crippen molar-refractivity contribution in [3.8, 4) is 17.3 Å². The van der Waals surface area contributed by atoms with E-state index in [1.165, 1.54) is 6.20 Å². The van der Waals surface area contributed by atoms with Gasteiger partial charge in [0.25, 0.3) is 0 Å². The van der Waals surface area contributed by atoms with Gasteiger partial charge < -0.3 is 5.73 Å². The van der Waals surface area contributed by atoms with Gasteiger partial charge in [0.05, 0.1) is 11.3 Å². The molecule has 0 aliphatic rings. The normalized spacial score (nSPS) is 9.53. The summed E-state index contributed by atoms with van der Waals surface area (Å²) in [6.07, 6.45) is 4.79. The van der Waals surface area contributed by atoms with E-state index in [-0.39, 0.29) is 0 Å². The summed E-state index contributed by atoms with van der Waals surface area (Å²) in [5.74, 6) is 0. The number of nitrogens with zero attached hydrogens (tertiary/aromatic N) is 3. The molecular weight excluding hydrogens is 188 g/mol. The van der Waals surface area contributed by atoms with Gasteiger partial charge in [0.15, 0.2) is 0 Å². The topological polar surface area (TPSA) is 75.6 Å². The second-order valence-electron chi connectivity index (χ2n) is 3.05. The lowest BCUT2D eigenvalue weighted by atomic mass is 10.1.